The van der Waals surface area contributed by atoms with Crippen LogP contribution < -0.4 is 5.32 Å². The van der Waals surface area contributed by atoms with Crippen molar-refractivity contribution in [2.45, 2.75) is 6.04 Å². The topological polar surface area (TPSA) is 28.2 Å². The zero-order chi connectivity index (χ0) is 9.10. The van der Waals surface area contributed by atoms with Crippen LogP contribution in [0.25, 0.3) is 0 Å². The lowest BCUT2D eigenvalue weighted by Crippen LogP contribution is -2.43. The molecule has 1 unspecified atom stereocenters. The van der Waals surface area contributed by atoms with Gasteiger partial charge in [-0.1, -0.05) is 6.07 Å². The fourth-order valence-corrected chi connectivity index (χ4v) is 1.70. The van der Waals surface area contributed by atoms with Crippen molar-refractivity contribution in [3.63, 3.8) is 0 Å². The van der Waals surface area contributed by atoms with Gasteiger partial charge in [0.05, 0.1) is 0 Å². The minimum atomic E-state index is 0.451. The van der Waals surface area contributed by atoms with Gasteiger partial charge in [-0.2, -0.15) is 0 Å². The average molecular weight is 177 g/mol. The van der Waals surface area contributed by atoms with Crippen molar-refractivity contribution in [1.29, 1.82) is 0 Å². The minimum Gasteiger partial charge on any atom is -0.308 e. The molecule has 13 heavy (non-hydrogen) atoms. The van der Waals surface area contributed by atoms with Crippen molar-refractivity contribution in [2.24, 2.45) is 0 Å². The van der Waals surface area contributed by atoms with Crippen LogP contribution in [0.3, 0.4) is 0 Å². The number of likely N-dealkylation sites (N-methyl/N-ethyl adjacent to an activating group) is 1. The molecule has 70 valence electrons. The zero-order valence-corrected chi connectivity index (χ0v) is 7.90. The molecule has 0 amide bonds. The van der Waals surface area contributed by atoms with Gasteiger partial charge in [-0.05, 0) is 18.7 Å². The first-order valence-corrected chi connectivity index (χ1v) is 4.68. The summed E-state index contributed by atoms with van der Waals surface area (Å²) in [5.41, 5.74) is 1.29. The maximum absolute atomic E-state index is 4.13. The van der Waals surface area contributed by atoms with Crippen LogP contribution in [0.5, 0.6) is 0 Å². The van der Waals surface area contributed by atoms with E-state index in [0.29, 0.717) is 6.04 Å². The van der Waals surface area contributed by atoms with Crippen LogP contribution in [-0.2, 0) is 0 Å². The third-order valence-corrected chi connectivity index (χ3v) is 2.47. The Morgan fingerprint density at radius 1 is 1.62 bits per heavy atom. The van der Waals surface area contributed by atoms with Crippen LogP contribution in [0.2, 0.25) is 0 Å². The predicted octanol–water partition coefficient (Wildman–Crippen LogP) is 0.658. The van der Waals surface area contributed by atoms with E-state index in [-0.39, 0.29) is 0 Å². The van der Waals surface area contributed by atoms with Crippen molar-refractivity contribution in [2.75, 3.05) is 26.7 Å². The first kappa shape index (κ1) is 8.66. The van der Waals surface area contributed by atoms with E-state index < -0.39 is 0 Å². The summed E-state index contributed by atoms with van der Waals surface area (Å²) in [5.74, 6) is 0. The molecule has 3 nitrogen and oxygen atoms in total. The number of rotatable bonds is 1. The van der Waals surface area contributed by atoms with Crippen LogP contribution >= 0.6 is 0 Å². The summed E-state index contributed by atoms with van der Waals surface area (Å²) in [6.07, 6.45) is 3.76. The van der Waals surface area contributed by atoms with Crippen LogP contribution in [0.1, 0.15) is 11.6 Å². The van der Waals surface area contributed by atoms with E-state index in [1.165, 1.54) is 5.56 Å². The summed E-state index contributed by atoms with van der Waals surface area (Å²) in [6, 6.07) is 4.57. The molecule has 1 saturated heterocycles. The number of pyridine rings is 1. The van der Waals surface area contributed by atoms with Gasteiger partial charge in [0.15, 0.2) is 0 Å². The van der Waals surface area contributed by atoms with Crippen LogP contribution in [0.4, 0.5) is 0 Å². The molecule has 0 bridgehead atoms. The van der Waals surface area contributed by atoms with E-state index in [2.05, 4.69) is 28.3 Å². The molecule has 1 aliphatic rings. The molecule has 0 aliphatic carbocycles. The molecule has 1 fully saturated rings. The molecular weight excluding hydrogens is 162 g/mol. The fourth-order valence-electron chi connectivity index (χ4n) is 1.70. The van der Waals surface area contributed by atoms with E-state index in [4.69, 9.17) is 0 Å². The van der Waals surface area contributed by atoms with Gasteiger partial charge in [-0.3, -0.25) is 4.98 Å². The highest BCUT2D eigenvalue weighted by molar-refractivity contribution is 5.14. The molecule has 2 heterocycles. The largest absolute Gasteiger partial charge is 0.308 e. The van der Waals surface area contributed by atoms with E-state index in [9.17, 15) is 0 Å². The van der Waals surface area contributed by atoms with Gasteiger partial charge >= 0.3 is 0 Å². The van der Waals surface area contributed by atoms with E-state index in [0.717, 1.165) is 19.6 Å². The Kier molecular flexibility index (Phi) is 2.57. The second-order valence-electron chi connectivity index (χ2n) is 3.56. The predicted molar refractivity (Wildman–Crippen MR) is 52.5 cm³/mol. The van der Waals surface area contributed by atoms with Gasteiger partial charge in [0.2, 0.25) is 0 Å². The first-order valence-electron chi connectivity index (χ1n) is 4.68. The van der Waals surface area contributed by atoms with Crippen molar-refractivity contribution >= 4 is 0 Å². The van der Waals surface area contributed by atoms with Crippen molar-refractivity contribution in [1.82, 2.24) is 15.2 Å². The maximum atomic E-state index is 4.13. The van der Waals surface area contributed by atoms with E-state index in [1.807, 2.05) is 18.5 Å². The minimum absolute atomic E-state index is 0.451. The number of hydrogen-bond donors (Lipinski definition) is 1. The molecule has 1 aliphatic heterocycles. The van der Waals surface area contributed by atoms with Gasteiger partial charge in [0, 0.05) is 38.1 Å². The summed E-state index contributed by atoms with van der Waals surface area (Å²) in [7, 11) is 2.16. The van der Waals surface area contributed by atoms with Gasteiger partial charge in [-0.25, -0.2) is 0 Å². The second-order valence-corrected chi connectivity index (χ2v) is 3.56. The molecule has 0 radical (unpaired) electrons. The van der Waals surface area contributed by atoms with Crippen LogP contribution in [0, 0.1) is 0 Å². The monoisotopic (exact) mass is 177 g/mol. The molecule has 1 aromatic rings. The Balaban J connectivity index is 2.08. The third kappa shape index (κ3) is 2.05. The van der Waals surface area contributed by atoms with Crippen LogP contribution in [0.15, 0.2) is 24.5 Å². The molecule has 2 rings (SSSR count). The highest BCUT2D eigenvalue weighted by Crippen LogP contribution is 2.14. The lowest BCUT2D eigenvalue weighted by Gasteiger charge is -2.30. The van der Waals surface area contributed by atoms with E-state index >= 15 is 0 Å². The van der Waals surface area contributed by atoms with Gasteiger partial charge in [0.25, 0.3) is 0 Å². The van der Waals surface area contributed by atoms with Crippen LogP contribution in [-0.4, -0.2) is 36.6 Å². The third-order valence-electron chi connectivity index (χ3n) is 2.47. The number of piperazine rings is 1. The number of nitrogens with zero attached hydrogens (tertiary/aromatic N) is 2. The maximum Gasteiger partial charge on any atom is 0.0464 e. The summed E-state index contributed by atoms with van der Waals surface area (Å²) in [6.45, 7) is 3.28. The smallest absolute Gasteiger partial charge is 0.0464 e. The highest BCUT2D eigenvalue weighted by atomic mass is 15.2. The quantitative estimate of drug-likeness (QED) is 0.683. The summed E-state index contributed by atoms with van der Waals surface area (Å²) in [5, 5.41) is 3.48. The summed E-state index contributed by atoms with van der Waals surface area (Å²) < 4.78 is 0. The lowest BCUT2D eigenvalue weighted by molar-refractivity contribution is 0.240. The van der Waals surface area contributed by atoms with E-state index in [1.54, 1.807) is 0 Å². The van der Waals surface area contributed by atoms with Gasteiger partial charge < -0.3 is 10.2 Å². The van der Waals surface area contributed by atoms with Gasteiger partial charge in [-0.15, -0.1) is 0 Å². The highest BCUT2D eigenvalue weighted by Gasteiger charge is 2.17. The second kappa shape index (κ2) is 3.85. The number of nitrogens with one attached hydrogen (secondary N) is 1. The Morgan fingerprint density at radius 3 is 3.23 bits per heavy atom. The molecule has 0 aromatic carbocycles. The normalized spacial score (nSPS) is 24.5. The van der Waals surface area contributed by atoms with Gasteiger partial charge in [0.1, 0.15) is 0 Å². The Morgan fingerprint density at radius 2 is 2.54 bits per heavy atom. The molecular formula is C10H15N3. The molecule has 1 aromatic heterocycles. The van der Waals surface area contributed by atoms with Crippen molar-refractivity contribution < 1.29 is 0 Å². The Hall–Kier alpha value is -0.930. The zero-order valence-electron chi connectivity index (χ0n) is 7.90. The molecule has 0 spiro atoms. The lowest BCUT2D eigenvalue weighted by atomic mass is 10.1. The summed E-state index contributed by atoms with van der Waals surface area (Å²) in [4.78, 5) is 6.47. The first-order chi connectivity index (χ1) is 6.36. The Labute approximate surface area is 78.8 Å². The summed E-state index contributed by atoms with van der Waals surface area (Å²) >= 11 is 0. The SMILES string of the molecule is CN1CCNC(c2cccnc2)C1. The molecule has 1 atom stereocenters. The Bertz CT molecular complexity index is 260. The molecule has 3 heteroatoms. The molecule has 0 saturated carbocycles. The molecule has 1 N–H and O–H groups in total. The number of hydrogen-bond acceptors (Lipinski definition) is 3. The standard InChI is InChI=1S/C10H15N3/c1-13-6-5-12-10(8-13)9-3-2-4-11-7-9/h2-4,7,10,12H,5-6,8H2,1H3. The van der Waals surface area contributed by atoms with Crippen molar-refractivity contribution in [3.05, 3.63) is 30.1 Å². The fraction of sp³-hybridized carbons (Fsp3) is 0.500. The van der Waals surface area contributed by atoms with Crippen molar-refractivity contribution in [3.8, 4) is 0 Å². The number of aromatic nitrogens is 1. The average Bonchev–Trinajstić information content (AvgIpc) is 2.19.